The molecule has 4 rings (SSSR count). The Morgan fingerprint density at radius 2 is 2.00 bits per heavy atom. The van der Waals surface area contributed by atoms with Crippen LogP contribution in [0, 0.1) is 5.82 Å². The van der Waals surface area contributed by atoms with E-state index >= 15 is 0 Å². The van der Waals surface area contributed by atoms with Crippen molar-refractivity contribution in [1.29, 1.82) is 0 Å². The summed E-state index contributed by atoms with van der Waals surface area (Å²) in [5.41, 5.74) is 4.00. The summed E-state index contributed by atoms with van der Waals surface area (Å²) in [4.78, 5) is 10.5. The molecule has 1 aliphatic rings. The molecule has 166 valence electrons. The van der Waals surface area contributed by atoms with E-state index < -0.39 is 11.8 Å². The number of benzene rings is 3. The minimum absolute atomic E-state index is 0.0301. The molecule has 9 heteroatoms. The van der Waals surface area contributed by atoms with Gasteiger partial charge in [0.25, 0.3) is 0 Å². The fourth-order valence-electron chi connectivity index (χ4n) is 3.20. The summed E-state index contributed by atoms with van der Waals surface area (Å²) >= 11 is 0.967. The highest BCUT2D eigenvalue weighted by Crippen LogP contribution is 2.39. The van der Waals surface area contributed by atoms with Crippen LogP contribution in [0.4, 0.5) is 15.8 Å². The molecule has 0 atom stereocenters. The van der Waals surface area contributed by atoms with E-state index in [1.807, 2.05) is 48.5 Å². The summed E-state index contributed by atoms with van der Waals surface area (Å²) in [7, 11) is 1.79. The molecular formula is C23H21FN2O5S. The van der Waals surface area contributed by atoms with Crippen LogP contribution in [-0.2, 0) is 15.5 Å². The zero-order valence-corrected chi connectivity index (χ0v) is 18.0. The SMILES string of the molecule is CN(SOCC(=O)O)c1ccc(NCc2cccc(-c3ccc4c(c3F)OCO4)c2)cc1. The van der Waals surface area contributed by atoms with Crippen LogP contribution < -0.4 is 19.1 Å². The van der Waals surface area contributed by atoms with Gasteiger partial charge in [0.05, 0.1) is 0 Å². The van der Waals surface area contributed by atoms with Gasteiger partial charge in [-0.1, -0.05) is 18.2 Å². The number of hydrogen-bond donors (Lipinski definition) is 2. The molecule has 0 amide bonds. The largest absolute Gasteiger partial charge is 0.479 e. The predicted molar refractivity (Wildman–Crippen MR) is 121 cm³/mol. The number of anilines is 2. The molecule has 0 unspecified atom stereocenters. The number of aliphatic carboxylic acids is 1. The molecule has 0 spiro atoms. The van der Waals surface area contributed by atoms with Crippen molar-refractivity contribution in [2.24, 2.45) is 0 Å². The highest BCUT2D eigenvalue weighted by molar-refractivity contribution is 7.96. The van der Waals surface area contributed by atoms with E-state index in [1.165, 1.54) is 0 Å². The standard InChI is InChI=1S/C23H21FN2O5S/c1-26(32-31-13-21(27)28)18-7-5-17(6-8-18)25-12-15-3-2-4-16(11-15)19-9-10-20-23(22(19)24)30-14-29-20/h2-11,25H,12-14H2,1H3,(H,27,28). The average Bonchev–Trinajstić information content (AvgIpc) is 3.28. The number of hydrogen-bond acceptors (Lipinski definition) is 7. The Kier molecular flexibility index (Phi) is 6.67. The van der Waals surface area contributed by atoms with Gasteiger partial charge in [-0.3, -0.25) is 8.49 Å². The van der Waals surface area contributed by atoms with Crippen molar-refractivity contribution in [1.82, 2.24) is 0 Å². The Bertz CT molecular complexity index is 1110. The third-order valence-electron chi connectivity index (χ3n) is 4.79. The number of carboxylic acids is 1. The van der Waals surface area contributed by atoms with Gasteiger partial charge in [0.1, 0.15) is 12.2 Å². The maximum Gasteiger partial charge on any atom is 0.331 e. The molecular weight excluding hydrogens is 435 g/mol. The molecule has 0 bridgehead atoms. The maximum absolute atomic E-state index is 14.8. The van der Waals surface area contributed by atoms with Crippen molar-refractivity contribution in [2.75, 3.05) is 30.1 Å². The molecule has 32 heavy (non-hydrogen) atoms. The Hall–Kier alpha value is -3.43. The molecule has 2 N–H and O–H groups in total. The van der Waals surface area contributed by atoms with Gasteiger partial charge < -0.3 is 19.9 Å². The van der Waals surface area contributed by atoms with Crippen LogP contribution in [0.25, 0.3) is 11.1 Å². The third kappa shape index (κ3) is 5.06. The van der Waals surface area contributed by atoms with Gasteiger partial charge in [0.2, 0.25) is 12.5 Å². The number of carbonyl (C=O) groups is 1. The lowest BCUT2D eigenvalue weighted by Gasteiger charge is -2.17. The number of fused-ring (bicyclic) bond motifs is 1. The topological polar surface area (TPSA) is 80.3 Å². The number of carboxylic acid groups (broad SMARTS) is 1. The summed E-state index contributed by atoms with van der Waals surface area (Å²) in [5.74, 6) is -0.863. The molecule has 0 aliphatic carbocycles. The minimum atomic E-state index is -1.02. The Labute approximate surface area is 189 Å². The molecule has 0 saturated heterocycles. The monoisotopic (exact) mass is 456 g/mol. The van der Waals surface area contributed by atoms with Crippen LogP contribution >= 0.6 is 12.2 Å². The quantitative estimate of drug-likeness (QED) is 0.346. The minimum Gasteiger partial charge on any atom is -0.479 e. The zero-order chi connectivity index (χ0) is 22.5. The van der Waals surface area contributed by atoms with Gasteiger partial charge in [0, 0.05) is 30.5 Å². The lowest BCUT2D eigenvalue weighted by molar-refractivity contribution is -0.138. The van der Waals surface area contributed by atoms with Crippen molar-refractivity contribution in [3.05, 3.63) is 72.0 Å². The van der Waals surface area contributed by atoms with E-state index in [1.54, 1.807) is 23.5 Å². The highest BCUT2D eigenvalue weighted by atomic mass is 32.2. The second-order valence-corrected chi connectivity index (χ2v) is 7.92. The third-order valence-corrected chi connectivity index (χ3v) is 5.45. The second-order valence-electron chi connectivity index (χ2n) is 6.99. The summed E-state index contributed by atoms with van der Waals surface area (Å²) in [6.45, 7) is 0.220. The summed E-state index contributed by atoms with van der Waals surface area (Å²) in [6.07, 6.45) is 0. The Morgan fingerprint density at radius 3 is 2.78 bits per heavy atom. The van der Waals surface area contributed by atoms with Crippen molar-refractivity contribution in [3.63, 3.8) is 0 Å². The molecule has 0 aromatic heterocycles. The Morgan fingerprint density at radius 1 is 1.19 bits per heavy atom. The first-order chi connectivity index (χ1) is 15.5. The molecule has 1 aliphatic heterocycles. The van der Waals surface area contributed by atoms with E-state index in [4.69, 9.17) is 18.8 Å². The van der Waals surface area contributed by atoms with Gasteiger partial charge >= 0.3 is 5.97 Å². The van der Waals surface area contributed by atoms with Crippen LogP contribution in [0.15, 0.2) is 60.7 Å². The second kappa shape index (κ2) is 9.80. The number of rotatable bonds is 9. The zero-order valence-electron chi connectivity index (χ0n) is 17.2. The van der Waals surface area contributed by atoms with Crippen molar-refractivity contribution >= 4 is 29.6 Å². The maximum atomic E-state index is 14.8. The highest BCUT2D eigenvalue weighted by Gasteiger charge is 2.21. The van der Waals surface area contributed by atoms with Crippen LogP contribution in [0.5, 0.6) is 11.5 Å². The fraction of sp³-hybridized carbons (Fsp3) is 0.174. The van der Waals surface area contributed by atoms with E-state index in [2.05, 4.69) is 5.32 Å². The number of nitrogens with one attached hydrogen (secondary N) is 1. The van der Waals surface area contributed by atoms with E-state index in [9.17, 15) is 9.18 Å². The first-order valence-corrected chi connectivity index (χ1v) is 10.5. The first-order valence-electron chi connectivity index (χ1n) is 9.78. The van der Waals surface area contributed by atoms with Crippen LogP contribution in [0.2, 0.25) is 0 Å². The van der Waals surface area contributed by atoms with Crippen molar-refractivity contribution in [3.8, 4) is 22.6 Å². The molecule has 0 saturated carbocycles. The van der Waals surface area contributed by atoms with Gasteiger partial charge in [-0.15, -0.1) is 0 Å². The number of halogens is 1. The van der Waals surface area contributed by atoms with Crippen LogP contribution in [0.3, 0.4) is 0 Å². The van der Waals surface area contributed by atoms with Crippen LogP contribution in [0.1, 0.15) is 5.56 Å². The van der Waals surface area contributed by atoms with Gasteiger partial charge in [-0.2, -0.15) is 0 Å². The van der Waals surface area contributed by atoms with E-state index in [-0.39, 0.29) is 19.1 Å². The van der Waals surface area contributed by atoms with E-state index in [0.717, 1.165) is 34.7 Å². The molecule has 0 fully saturated rings. The molecule has 3 aromatic carbocycles. The lowest BCUT2D eigenvalue weighted by atomic mass is 10.0. The molecule has 0 radical (unpaired) electrons. The summed E-state index contributed by atoms with van der Waals surface area (Å²) < 4.78 is 32.0. The molecule has 7 nitrogen and oxygen atoms in total. The van der Waals surface area contributed by atoms with E-state index in [0.29, 0.717) is 17.9 Å². The molecule has 3 aromatic rings. The summed E-state index contributed by atoms with van der Waals surface area (Å²) in [6, 6.07) is 18.7. The molecule has 1 heterocycles. The first kappa shape index (κ1) is 21.8. The Balaban J connectivity index is 1.38. The van der Waals surface area contributed by atoms with Crippen LogP contribution in [-0.4, -0.2) is 31.5 Å². The van der Waals surface area contributed by atoms with Crippen molar-refractivity contribution < 1.29 is 27.9 Å². The van der Waals surface area contributed by atoms with Gasteiger partial charge in [-0.25, -0.2) is 9.18 Å². The predicted octanol–water partition coefficient (Wildman–Crippen LogP) is 4.93. The summed E-state index contributed by atoms with van der Waals surface area (Å²) in [5, 5.41) is 12.0. The average molecular weight is 456 g/mol. The van der Waals surface area contributed by atoms with Gasteiger partial charge in [-0.05, 0) is 53.6 Å². The van der Waals surface area contributed by atoms with Gasteiger partial charge in [0.15, 0.2) is 18.2 Å². The fourth-order valence-corrected chi connectivity index (χ4v) is 3.72. The normalized spacial score (nSPS) is 11.9. The van der Waals surface area contributed by atoms with Crippen molar-refractivity contribution in [2.45, 2.75) is 6.54 Å². The lowest BCUT2D eigenvalue weighted by Crippen LogP contribution is -2.11. The number of ether oxygens (including phenoxy) is 2. The number of nitrogens with zero attached hydrogens (tertiary/aromatic N) is 1. The smallest absolute Gasteiger partial charge is 0.331 e.